The van der Waals surface area contributed by atoms with Crippen molar-refractivity contribution in [2.45, 2.75) is 19.4 Å². The molecule has 4 rings (SSSR count). The van der Waals surface area contributed by atoms with Crippen LogP contribution in [-0.4, -0.2) is 40.6 Å². The van der Waals surface area contributed by atoms with Gasteiger partial charge in [-0.05, 0) is 48.6 Å². The minimum atomic E-state index is -0.369. The zero-order valence-electron chi connectivity index (χ0n) is 14.4. The number of imide groups is 1. The van der Waals surface area contributed by atoms with E-state index >= 15 is 0 Å². The molecule has 26 heavy (non-hydrogen) atoms. The summed E-state index contributed by atoms with van der Waals surface area (Å²) in [6.07, 6.45) is 2.36. The van der Waals surface area contributed by atoms with Crippen LogP contribution in [0.3, 0.4) is 0 Å². The third-order valence-corrected chi connectivity index (χ3v) is 6.06. The van der Waals surface area contributed by atoms with E-state index in [1.54, 1.807) is 29.5 Å². The van der Waals surface area contributed by atoms with Gasteiger partial charge in [-0.2, -0.15) is 0 Å². The van der Waals surface area contributed by atoms with E-state index in [2.05, 4.69) is 18.0 Å². The molecule has 0 N–H and O–H groups in total. The average molecular weight is 366 g/mol. The van der Waals surface area contributed by atoms with Crippen molar-refractivity contribution in [2.75, 3.05) is 13.1 Å². The van der Waals surface area contributed by atoms with Crippen molar-refractivity contribution >= 4 is 29.1 Å². The Kier molecular flexibility index (Phi) is 4.00. The molecule has 0 unspecified atom stereocenters. The second-order valence-electron chi connectivity index (χ2n) is 6.49. The molecule has 0 spiro atoms. The van der Waals surface area contributed by atoms with E-state index in [9.17, 15) is 14.4 Å². The van der Waals surface area contributed by atoms with Gasteiger partial charge in [-0.25, -0.2) is 0 Å². The number of hydrogen-bond acceptors (Lipinski definition) is 4. The topological polar surface area (TPSA) is 57.7 Å². The van der Waals surface area contributed by atoms with E-state index in [0.717, 1.165) is 11.3 Å². The predicted octanol–water partition coefficient (Wildman–Crippen LogP) is 3.29. The maximum Gasteiger partial charge on any atom is 0.261 e. The number of carbonyl (C=O) groups excluding carboxylic acids is 3. The SMILES string of the molecule is C=CCN1C(=O)c2ccc(C(=O)N3CCc4sccc4[C@@H]3C)cc2C1=O. The molecule has 6 heteroatoms. The number of carbonyl (C=O) groups is 3. The summed E-state index contributed by atoms with van der Waals surface area (Å²) in [6.45, 7) is 6.42. The maximum absolute atomic E-state index is 13.0. The molecule has 0 bridgehead atoms. The van der Waals surface area contributed by atoms with Gasteiger partial charge in [0, 0.05) is 23.5 Å². The van der Waals surface area contributed by atoms with Gasteiger partial charge in [0.05, 0.1) is 17.2 Å². The summed E-state index contributed by atoms with van der Waals surface area (Å²) in [5.41, 5.74) is 2.28. The Labute approximate surface area is 155 Å². The molecular formula is C20H18N2O3S. The molecule has 1 aromatic carbocycles. The first kappa shape index (κ1) is 16.7. The standard InChI is InChI=1S/C20H18N2O3S/c1-3-8-22-19(24)15-5-4-13(11-16(15)20(22)25)18(23)21-9-6-17-14(12(21)2)7-10-26-17/h3-5,7,10-12H,1,6,8-9H2,2H3/t12-/m0/s1. The molecule has 0 radical (unpaired) electrons. The second-order valence-corrected chi connectivity index (χ2v) is 7.49. The van der Waals surface area contributed by atoms with Gasteiger partial charge in [-0.3, -0.25) is 19.3 Å². The molecule has 3 heterocycles. The molecule has 5 nitrogen and oxygen atoms in total. The van der Waals surface area contributed by atoms with Gasteiger partial charge in [0.1, 0.15) is 0 Å². The van der Waals surface area contributed by atoms with E-state index < -0.39 is 0 Å². The highest BCUT2D eigenvalue weighted by Crippen LogP contribution is 2.34. The van der Waals surface area contributed by atoms with Gasteiger partial charge in [-0.1, -0.05) is 6.08 Å². The smallest absolute Gasteiger partial charge is 0.261 e. The Morgan fingerprint density at radius 3 is 2.81 bits per heavy atom. The van der Waals surface area contributed by atoms with Gasteiger partial charge in [0.25, 0.3) is 17.7 Å². The fourth-order valence-electron chi connectivity index (χ4n) is 3.67. The fraction of sp³-hybridized carbons (Fsp3) is 0.250. The first-order valence-electron chi connectivity index (χ1n) is 8.51. The Hall–Kier alpha value is -2.73. The zero-order valence-corrected chi connectivity index (χ0v) is 15.2. The quantitative estimate of drug-likeness (QED) is 0.619. The number of fused-ring (bicyclic) bond motifs is 2. The van der Waals surface area contributed by atoms with Crippen LogP contribution in [0.5, 0.6) is 0 Å². The number of amides is 3. The lowest BCUT2D eigenvalue weighted by Crippen LogP contribution is -2.38. The lowest BCUT2D eigenvalue weighted by Gasteiger charge is -2.33. The largest absolute Gasteiger partial charge is 0.331 e. The summed E-state index contributed by atoms with van der Waals surface area (Å²) in [5.74, 6) is -0.816. The number of hydrogen-bond donors (Lipinski definition) is 0. The minimum Gasteiger partial charge on any atom is -0.331 e. The average Bonchev–Trinajstić information content (AvgIpc) is 3.21. The molecule has 0 aliphatic carbocycles. The van der Waals surface area contributed by atoms with Crippen molar-refractivity contribution in [3.05, 3.63) is 69.4 Å². The first-order valence-corrected chi connectivity index (χ1v) is 9.39. The van der Waals surface area contributed by atoms with Crippen molar-refractivity contribution < 1.29 is 14.4 Å². The molecule has 2 aromatic rings. The van der Waals surface area contributed by atoms with E-state index in [0.29, 0.717) is 23.2 Å². The van der Waals surface area contributed by atoms with Crippen LogP contribution in [-0.2, 0) is 6.42 Å². The fourth-order valence-corrected chi connectivity index (χ4v) is 4.63. The summed E-state index contributed by atoms with van der Waals surface area (Å²) >= 11 is 1.73. The molecule has 0 fully saturated rings. The lowest BCUT2D eigenvalue weighted by atomic mass is 9.99. The number of thiophene rings is 1. The monoisotopic (exact) mass is 366 g/mol. The molecular weight excluding hydrogens is 348 g/mol. The Morgan fingerprint density at radius 2 is 2.04 bits per heavy atom. The van der Waals surface area contributed by atoms with Gasteiger partial charge in [0.2, 0.25) is 0 Å². The summed E-state index contributed by atoms with van der Waals surface area (Å²) in [7, 11) is 0. The molecule has 1 atom stereocenters. The van der Waals surface area contributed by atoms with Crippen LogP contribution in [0.25, 0.3) is 0 Å². The van der Waals surface area contributed by atoms with Crippen molar-refractivity contribution in [3.8, 4) is 0 Å². The Balaban J connectivity index is 1.65. The maximum atomic E-state index is 13.0. The second kappa shape index (κ2) is 6.21. The van der Waals surface area contributed by atoms with Crippen molar-refractivity contribution in [1.82, 2.24) is 9.80 Å². The molecule has 3 amide bonds. The highest BCUT2D eigenvalue weighted by atomic mass is 32.1. The molecule has 132 valence electrons. The molecule has 0 saturated carbocycles. The third kappa shape index (κ3) is 2.41. The highest BCUT2D eigenvalue weighted by molar-refractivity contribution is 7.10. The van der Waals surface area contributed by atoms with Crippen LogP contribution in [0.15, 0.2) is 42.3 Å². The molecule has 2 aliphatic rings. The normalized spacial score (nSPS) is 18.7. The summed E-state index contributed by atoms with van der Waals surface area (Å²) in [4.78, 5) is 42.1. The molecule has 0 saturated heterocycles. The summed E-state index contributed by atoms with van der Waals surface area (Å²) in [6, 6.07) is 6.84. The van der Waals surface area contributed by atoms with E-state index in [-0.39, 0.29) is 30.3 Å². The van der Waals surface area contributed by atoms with Gasteiger partial charge in [0.15, 0.2) is 0 Å². The first-order chi connectivity index (χ1) is 12.5. The van der Waals surface area contributed by atoms with E-state index in [1.165, 1.54) is 16.5 Å². The molecule has 1 aromatic heterocycles. The summed E-state index contributed by atoms with van der Waals surface area (Å²) < 4.78 is 0. The van der Waals surface area contributed by atoms with Crippen LogP contribution in [0.1, 0.15) is 54.5 Å². The lowest BCUT2D eigenvalue weighted by molar-refractivity contribution is 0.0667. The predicted molar refractivity (Wildman–Crippen MR) is 99.5 cm³/mol. The van der Waals surface area contributed by atoms with Crippen LogP contribution < -0.4 is 0 Å². The van der Waals surface area contributed by atoms with Gasteiger partial charge in [-0.15, -0.1) is 17.9 Å². The van der Waals surface area contributed by atoms with Crippen LogP contribution in [0, 0.1) is 0 Å². The third-order valence-electron chi connectivity index (χ3n) is 5.07. The van der Waals surface area contributed by atoms with E-state index in [4.69, 9.17) is 0 Å². The van der Waals surface area contributed by atoms with Crippen molar-refractivity contribution in [2.24, 2.45) is 0 Å². The van der Waals surface area contributed by atoms with Gasteiger partial charge < -0.3 is 4.90 Å². The van der Waals surface area contributed by atoms with Crippen LogP contribution >= 0.6 is 11.3 Å². The number of benzene rings is 1. The van der Waals surface area contributed by atoms with Gasteiger partial charge >= 0.3 is 0 Å². The van der Waals surface area contributed by atoms with Crippen LogP contribution in [0.2, 0.25) is 0 Å². The molecule has 2 aliphatic heterocycles. The minimum absolute atomic E-state index is 0.000326. The zero-order chi connectivity index (χ0) is 18.4. The number of rotatable bonds is 3. The Morgan fingerprint density at radius 1 is 1.27 bits per heavy atom. The Bertz CT molecular complexity index is 946. The summed E-state index contributed by atoms with van der Waals surface area (Å²) in [5, 5.41) is 2.06. The van der Waals surface area contributed by atoms with Crippen molar-refractivity contribution in [3.63, 3.8) is 0 Å². The van der Waals surface area contributed by atoms with Crippen LogP contribution in [0.4, 0.5) is 0 Å². The van der Waals surface area contributed by atoms with Crippen molar-refractivity contribution in [1.29, 1.82) is 0 Å². The highest BCUT2D eigenvalue weighted by Gasteiger charge is 2.36. The van der Waals surface area contributed by atoms with E-state index in [1.807, 2.05) is 11.8 Å². The number of nitrogens with zero attached hydrogens (tertiary/aromatic N) is 2.